The summed E-state index contributed by atoms with van der Waals surface area (Å²) in [7, 11) is 0. The molecule has 3 aromatic rings. The minimum atomic E-state index is -0.513. The third-order valence-electron chi connectivity index (χ3n) is 2.62. The summed E-state index contributed by atoms with van der Waals surface area (Å²) in [5.74, 6) is -0.155. The number of H-pyrrole nitrogens is 1. The molecule has 0 amide bonds. The van der Waals surface area contributed by atoms with Crippen molar-refractivity contribution in [1.82, 2.24) is 15.2 Å². The zero-order valence-electron chi connectivity index (χ0n) is 9.61. The van der Waals surface area contributed by atoms with E-state index in [1.807, 2.05) is 0 Å². The first-order valence-corrected chi connectivity index (χ1v) is 5.84. The van der Waals surface area contributed by atoms with Crippen molar-refractivity contribution in [2.24, 2.45) is 0 Å². The van der Waals surface area contributed by atoms with Crippen LogP contribution in [0.25, 0.3) is 11.0 Å². The van der Waals surface area contributed by atoms with Crippen LogP contribution in [0.15, 0.2) is 30.3 Å². The van der Waals surface area contributed by atoms with Crippen molar-refractivity contribution >= 4 is 40.0 Å². The number of rotatable bonds is 2. The zero-order chi connectivity index (χ0) is 13.4. The van der Waals surface area contributed by atoms with Gasteiger partial charge in [0.05, 0.1) is 5.39 Å². The van der Waals surface area contributed by atoms with Crippen LogP contribution in [0.3, 0.4) is 0 Å². The highest BCUT2D eigenvalue weighted by molar-refractivity contribution is 6.30. The van der Waals surface area contributed by atoms with E-state index >= 15 is 0 Å². The summed E-state index contributed by atoms with van der Waals surface area (Å²) in [5.41, 5.74) is 6.60. The number of hydrogen-bond donors (Lipinski definition) is 3. The number of nitrogens with one attached hydrogen (secondary N) is 2. The van der Waals surface area contributed by atoms with Gasteiger partial charge in [0.2, 0.25) is 0 Å². The molecule has 3 rings (SSSR count). The van der Waals surface area contributed by atoms with Gasteiger partial charge in [0.1, 0.15) is 5.82 Å². The van der Waals surface area contributed by atoms with Crippen LogP contribution in [0.2, 0.25) is 5.02 Å². The predicted octanol–water partition coefficient (Wildman–Crippen LogP) is 3.08. The van der Waals surface area contributed by atoms with E-state index in [-0.39, 0.29) is 11.6 Å². The smallest absolute Gasteiger partial charge is 0.185 e. The molecule has 0 aliphatic heterocycles. The fourth-order valence-electron chi connectivity index (χ4n) is 1.73. The number of hydrogen-bond acceptors (Lipinski definition) is 4. The Labute approximate surface area is 112 Å². The molecule has 0 saturated heterocycles. The minimum absolute atomic E-state index is 0.0706. The molecule has 0 atom stereocenters. The fraction of sp³-hybridized carbons (Fsp3) is 0. The molecule has 19 heavy (non-hydrogen) atoms. The molecule has 96 valence electrons. The Kier molecular flexibility index (Phi) is 2.72. The second-order valence-corrected chi connectivity index (χ2v) is 4.40. The van der Waals surface area contributed by atoms with Crippen molar-refractivity contribution in [2.45, 2.75) is 0 Å². The molecule has 4 N–H and O–H groups in total. The number of benzene rings is 1. The fourth-order valence-corrected chi connectivity index (χ4v) is 1.92. The lowest BCUT2D eigenvalue weighted by molar-refractivity contribution is 0.629. The average molecular weight is 278 g/mol. The van der Waals surface area contributed by atoms with Gasteiger partial charge in [-0.05, 0) is 24.3 Å². The van der Waals surface area contributed by atoms with Crippen LogP contribution in [0.4, 0.5) is 21.7 Å². The molecular weight excluding hydrogens is 269 g/mol. The number of nitrogens with two attached hydrogens (primary N) is 1. The SMILES string of the molecule is Nc1[nH]nc2nc(Nc3cccc(Cl)c3)c(F)cc12. The van der Waals surface area contributed by atoms with Crippen molar-refractivity contribution in [3.05, 3.63) is 41.2 Å². The van der Waals surface area contributed by atoms with Crippen LogP contribution in [0.1, 0.15) is 0 Å². The van der Waals surface area contributed by atoms with Crippen LogP contribution >= 0.6 is 11.6 Å². The van der Waals surface area contributed by atoms with E-state index in [1.165, 1.54) is 6.07 Å². The standard InChI is InChI=1S/C12H9ClFN5/c13-6-2-1-3-7(4-6)16-12-9(14)5-8-10(15)18-19-11(8)17-12/h1-5H,(H4,15,16,17,18,19). The minimum Gasteiger partial charge on any atom is -0.384 e. The zero-order valence-corrected chi connectivity index (χ0v) is 10.4. The van der Waals surface area contributed by atoms with E-state index in [2.05, 4.69) is 20.5 Å². The van der Waals surface area contributed by atoms with E-state index in [0.717, 1.165) is 0 Å². The molecule has 7 heteroatoms. The summed E-state index contributed by atoms with van der Waals surface area (Å²) >= 11 is 5.86. The van der Waals surface area contributed by atoms with Crippen LogP contribution in [-0.2, 0) is 0 Å². The third kappa shape index (κ3) is 2.17. The second kappa shape index (κ2) is 4.40. The molecule has 0 aliphatic carbocycles. The Morgan fingerprint density at radius 2 is 2.16 bits per heavy atom. The maximum atomic E-state index is 13.9. The lowest BCUT2D eigenvalue weighted by Gasteiger charge is -2.06. The van der Waals surface area contributed by atoms with E-state index in [9.17, 15) is 4.39 Å². The largest absolute Gasteiger partial charge is 0.384 e. The van der Waals surface area contributed by atoms with Gasteiger partial charge in [-0.2, -0.15) is 5.10 Å². The molecule has 0 fully saturated rings. The van der Waals surface area contributed by atoms with Gasteiger partial charge in [0.25, 0.3) is 0 Å². The van der Waals surface area contributed by atoms with Gasteiger partial charge < -0.3 is 11.1 Å². The second-order valence-electron chi connectivity index (χ2n) is 3.96. The first kappa shape index (κ1) is 11.7. The molecule has 1 aromatic carbocycles. The summed E-state index contributed by atoms with van der Waals surface area (Å²) in [6.45, 7) is 0. The maximum Gasteiger partial charge on any atom is 0.185 e. The van der Waals surface area contributed by atoms with Crippen molar-refractivity contribution in [3.8, 4) is 0 Å². The number of halogens is 2. The lowest BCUT2D eigenvalue weighted by atomic mass is 10.3. The van der Waals surface area contributed by atoms with Crippen molar-refractivity contribution < 1.29 is 4.39 Å². The normalized spacial score (nSPS) is 10.8. The number of aromatic amines is 1. The molecular formula is C12H9ClFN5. The highest BCUT2D eigenvalue weighted by atomic mass is 35.5. The molecule has 0 bridgehead atoms. The van der Waals surface area contributed by atoms with Gasteiger partial charge in [-0.3, -0.25) is 5.10 Å². The van der Waals surface area contributed by atoms with Gasteiger partial charge in [-0.25, -0.2) is 9.37 Å². The summed E-state index contributed by atoms with van der Waals surface area (Å²) in [5, 5.41) is 10.3. The number of anilines is 3. The molecule has 5 nitrogen and oxygen atoms in total. The van der Waals surface area contributed by atoms with Crippen LogP contribution in [0, 0.1) is 5.82 Å². The quantitative estimate of drug-likeness (QED) is 0.672. The molecule has 0 saturated carbocycles. The third-order valence-corrected chi connectivity index (χ3v) is 2.85. The molecule has 0 aliphatic rings. The van der Waals surface area contributed by atoms with Gasteiger partial charge in [-0.1, -0.05) is 17.7 Å². The highest BCUT2D eigenvalue weighted by Gasteiger charge is 2.11. The topological polar surface area (TPSA) is 79.6 Å². The predicted molar refractivity (Wildman–Crippen MR) is 73.0 cm³/mol. The van der Waals surface area contributed by atoms with E-state index in [1.54, 1.807) is 24.3 Å². The van der Waals surface area contributed by atoms with Gasteiger partial charge in [-0.15, -0.1) is 0 Å². The molecule has 0 radical (unpaired) electrons. The van der Waals surface area contributed by atoms with Crippen molar-refractivity contribution in [2.75, 3.05) is 11.1 Å². The number of pyridine rings is 1. The molecule has 0 spiro atoms. The van der Waals surface area contributed by atoms with Crippen LogP contribution < -0.4 is 11.1 Å². The average Bonchev–Trinajstić information content (AvgIpc) is 2.71. The van der Waals surface area contributed by atoms with Gasteiger partial charge >= 0.3 is 0 Å². The lowest BCUT2D eigenvalue weighted by Crippen LogP contribution is -1.97. The summed E-state index contributed by atoms with van der Waals surface area (Å²) in [4.78, 5) is 4.07. The first-order valence-electron chi connectivity index (χ1n) is 5.46. The van der Waals surface area contributed by atoms with Crippen LogP contribution in [0.5, 0.6) is 0 Å². The Hall–Kier alpha value is -2.34. The monoisotopic (exact) mass is 277 g/mol. The van der Waals surface area contributed by atoms with E-state index < -0.39 is 5.82 Å². The number of nitrogen functional groups attached to an aromatic ring is 1. The Morgan fingerprint density at radius 1 is 1.32 bits per heavy atom. The molecule has 0 unspecified atom stereocenters. The Bertz CT molecular complexity index is 755. The number of aromatic nitrogens is 3. The van der Waals surface area contributed by atoms with Gasteiger partial charge in [0, 0.05) is 10.7 Å². The molecule has 2 heterocycles. The Morgan fingerprint density at radius 3 is 2.95 bits per heavy atom. The van der Waals surface area contributed by atoms with E-state index in [0.29, 0.717) is 21.7 Å². The number of nitrogens with zero attached hydrogens (tertiary/aromatic N) is 2. The highest BCUT2D eigenvalue weighted by Crippen LogP contribution is 2.25. The Balaban J connectivity index is 2.03. The van der Waals surface area contributed by atoms with Crippen molar-refractivity contribution in [1.29, 1.82) is 0 Å². The first-order chi connectivity index (χ1) is 9.13. The summed E-state index contributed by atoms with van der Waals surface area (Å²) in [6.07, 6.45) is 0. The van der Waals surface area contributed by atoms with Crippen LogP contribution in [-0.4, -0.2) is 15.2 Å². The maximum absolute atomic E-state index is 13.9. The number of fused-ring (bicyclic) bond motifs is 1. The summed E-state index contributed by atoms with van der Waals surface area (Å²) < 4.78 is 13.9. The van der Waals surface area contributed by atoms with Gasteiger partial charge in [0.15, 0.2) is 17.3 Å². The van der Waals surface area contributed by atoms with E-state index in [4.69, 9.17) is 17.3 Å². The summed E-state index contributed by atoms with van der Waals surface area (Å²) in [6, 6.07) is 8.21. The molecule has 2 aromatic heterocycles. The van der Waals surface area contributed by atoms with Crippen molar-refractivity contribution in [3.63, 3.8) is 0 Å².